The number of aromatic nitrogens is 4. The van der Waals surface area contributed by atoms with Crippen molar-refractivity contribution >= 4 is 21.5 Å². The van der Waals surface area contributed by atoms with E-state index in [1.807, 2.05) is 25.7 Å². The van der Waals surface area contributed by atoms with E-state index in [-0.39, 0.29) is 16.7 Å². The zero-order chi connectivity index (χ0) is 18.4. The number of hydrogen-bond donors (Lipinski definition) is 0. The maximum atomic E-state index is 12.7. The van der Waals surface area contributed by atoms with Crippen molar-refractivity contribution in [2.45, 2.75) is 44.4 Å². The Morgan fingerprint density at radius 2 is 2.00 bits per heavy atom. The number of carbonyl (C=O) groups excluding carboxylic acids is 1. The lowest BCUT2D eigenvalue weighted by atomic mass is 9.90. The van der Waals surface area contributed by atoms with Crippen molar-refractivity contribution in [3.05, 3.63) is 18.2 Å². The predicted molar refractivity (Wildman–Crippen MR) is 91.9 cm³/mol. The van der Waals surface area contributed by atoms with E-state index >= 15 is 0 Å². The number of hydrogen-bond acceptors (Lipinski definition) is 6. The van der Waals surface area contributed by atoms with Crippen molar-refractivity contribution in [3.63, 3.8) is 0 Å². The van der Waals surface area contributed by atoms with E-state index in [1.165, 1.54) is 17.0 Å². The van der Waals surface area contributed by atoms with Gasteiger partial charge in [0.05, 0.1) is 11.9 Å². The fraction of sp³-hybridized carbons (Fsp3) is 0.625. The van der Waals surface area contributed by atoms with Crippen LogP contribution in [0.4, 0.5) is 0 Å². The highest BCUT2D eigenvalue weighted by atomic mass is 32.2. The van der Waals surface area contributed by atoms with Gasteiger partial charge in [-0.3, -0.25) is 4.79 Å². The molecule has 25 heavy (non-hydrogen) atoms. The molecule has 0 saturated carbocycles. The van der Waals surface area contributed by atoms with Gasteiger partial charge < -0.3 is 4.90 Å². The van der Waals surface area contributed by atoms with Gasteiger partial charge >= 0.3 is 0 Å². The maximum Gasteiger partial charge on any atom is 0.252 e. The second kappa shape index (κ2) is 6.05. The summed E-state index contributed by atoms with van der Waals surface area (Å²) in [6.07, 6.45) is 5.47. The van der Waals surface area contributed by atoms with Gasteiger partial charge in [-0.1, -0.05) is 20.8 Å². The molecular weight excluding hydrogens is 342 g/mol. The van der Waals surface area contributed by atoms with Crippen LogP contribution < -0.4 is 0 Å². The molecule has 0 radical (unpaired) electrons. The van der Waals surface area contributed by atoms with Crippen molar-refractivity contribution in [1.82, 2.24) is 24.5 Å². The van der Waals surface area contributed by atoms with Crippen molar-refractivity contribution < 1.29 is 13.2 Å². The van der Waals surface area contributed by atoms with Crippen LogP contribution in [0.15, 0.2) is 17.4 Å². The van der Waals surface area contributed by atoms with Gasteiger partial charge in [0.1, 0.15) is 11.2 Å². The number of amides is 1. The first-order valence-electron chi connectivity index (χ1n) is 8.27. The minimum absolute atomic E-state index is 0.0713. The van der Waals surface area contributed by atoms with Gasteiger partial charge in [-0.2, -0.15) is 14.6 Å². The van der Waals surface area contributed by atoms with Crippen LogP contribution in [0.2, 0.25) is 0 Å². The maximum absolute atomic E-state index is 12.7. The second-order valence-electron chi connectivity index (χ2n) is 7.59. The molecule has 0 aromatic carbocycles. The minimum atomic E-state index is -3.47. The highest BCUT2D eigenvalue weighted by molar-refractivity contribution is 7.90. The highest BCUT2D eigenvalue weighted by Crippen LogP contribution is 2.32. The van der Waals surface area contributed by atoms with Crippen molar-refractivity contribution in [2.24, 2.45) is 5.41 Å². The molecule has 0 bridgehead atoms. The molecule has 1 amide bonds. The molecule has 136 valence electrons. The summed E-state index contributed by atoms with van der Waals surface area (Å²) >= 11 is 0. The quantitative estimate of drug-likeness (QED) is 0.795. The largest absolute Gasteiger partial charge is 0.342 e. The zero-order valence-corrected chi connectivity index (χ0v) is 15.7. The van der Waals surface area contributed by atoms with Crippen LogP contribution in [0, 0.1) is 5.41 Å². The fourth-order valence-corrected chi connectivity index (χ4v) is 4.18. The molecule has 2 aromatic heterocycles. The number of sulfone groups is 1. The number of piperidine rings is 1. The smallest absolute Gasteiger partial charge is 0.252 e. The van der Waals surface area contributed by atoms with Crippen molar-refractivity contribution in [3.8, 4) is 0 Å². The summed E-state index contributed by atoms with van der Waals surface area (Å²) in [5.74, 6) is 0.306. The summed E-state index contributed by atoms with van der Waals surface area (Å²) in [6, 6.07) is 0. The van der Waals surface area contributed by atoms with E-state index in [1.54, 1.807) is 0 Å². The lowest BCUT2D eigenvalue weighted by Gasteiger charge is -2.36. The SMILES string of the molecule is CC(C)(C)C(=O)N1CCCC(c2c(S(C)(=O)=O)cnc3ncnn23)C1. The van der Waals surface area contributed by atoms with Gasteiger partial charge in [0.2, 0.25) is 5.91 Å². The van der Waals surface area contributed by atoms with Crippen LogP contribution in [0.1, 0.15) is 45.2 Å². The van der Waals surface area contributed by atoms with E-state index in [4.69, 9.17) is 0 Å². The Labute approximate surface area is 147 Å². The van der Waals surface area contributed by atoms with Crippen LogP contribution in [-0.2, 0) is 14.6 Å². The molecule has 0 spiro atoms. The average Bonchev–Trinajstić information content (AvgIpc) is 3.00. The van der Waals surface area contributed by atoms with Gasteiger partial charge in [-0.25, -0.2) is 13.4 Å². The third-order valence-corrected chi connectivity index (χ3v) is 5.56. The summed E-state index contributed by atoms with van der Waals surface area (Å²) in [6.45, 7) is 6.83. The molecule has 8 nitrogen and oxygen atoms in total. The van der Waals surface area contributed by atoms with Crippen molar-refractivity contribution in [2.75, 3.05) is 19.3 Å². The average molecular weight is 365 g/mol. The lowest BCUT2D eigenvalue weighted by molar-refractivity contribution is -0.140. The number of fused-ring (bicyclic) bond motifs is 1. The lowest BCUT2D eigenvalue weighted by Crippen LogP contribution is -2.45. The predicted octanol–water partition coefficient (Wildman–Crippen LogP) is 1.28. The third kappa shape index (κ3) is 3.37. The van der Waals surface area contributed by atoms with Gasteiger partial charge in [0.25, 0.3) is 5.78 Å². The third-order valence-electron chi connectivity index (χ3n) is 4.44. The molecule has 0 aliphatic carbocycles. The van der Waals surface area contributed by atoms with Gasteiger partial charge in [-0.05, 0) is 12.8 Å². The first-order valence-corrected chi connectivity index (χ1v) is 10.2. The monoisotopic (exact) mass is 365 g/mol. The van der Waals surface area contributed by atoms with Crippen LogP contribution in [0.3, 0.4) is 0 Å². The van der Waals surface area contributed by atoms with Crippen molar-refractivity contribution in [1.29, 1.82) is 0 Å². The number of likely N-dealkylation sites (tertiary alicyclic amines) is 1. The minimum Gasteiger partial charge on any atom is -0.342 e. The Morgan fingerprint density at radius 3 is 2.64 bits per heavy atom. The van der Waals surface area contributed by atoms with Gasteiger partial charge in [0, 0.05) is 30.7 Å². The molecule has 1 fully saturated rings. The first kappa shape index (κ1) is 17.8. The molecular formula is C16H23N5O3S. The molecule has 3 rings (SSSR count). The summed E-state index contributed by atoms with van der Waals surface area (Å²) < 4.78 is 26.0. The van der Waals surface area contributed by atoms with E-state index in [0.717, 1.165) is 19.1 Å². The molecule has 1 atom stereocenters. The van der Waals surface area contributed by atoms with E-state index in [2.05, 4.69) is 15.1 Å². The van der Waals surface area contributed by atoms with E-state index in [9.17, 15) is 13.2 Å². The Hall–Kier alpha value is -2.03. The van der Waals surface area contributed by atoms with Crippen LogP contribution in [0.5, 0.6) is 0 Å². The second-order valence-corrected chi connectivity index (χ2v) is 9.58. The number of nitrogens with zero attached hydrogens (tertiary/aromatic N) is 5. The number of rotatable bonds is 2. The topological polar surface area (TPSA) is 97.5 Å². The molecule has 1 aliphatic heterocycles. The summed E-state index contributed by atoms with van der Waals surface area (Å²) in [5, 5.41) is 4.16. The molecule has 2 aromatic rings. The van der Waals surface area contributed by atoms with Gasteiger partial charge in [-0.15, -0.1) is 0 Å². The highest BCUT2D eigenvalue weighted by Gasteiger charge is 2.34. The Bertz CT molecular complexity index is 913. The van der Waals surface area contributed by atoms with Crippen LogP contribution in [-0.4, -0.2) is 58.2 Å². The first-order chi connectivity index (χ1) is 11.6. The summed E-state index contributed by atoms with van der Waals surface area (Å²) in [4.78, 5) is 22.8. The van der Waals surface area contributed by atoms with Crippen LogP contribution >= 0.6 is 0 Å². The Balaban J connectivity index is 2.06. The molecule has 1 unspecified atom stereocenters. The molecule has 3 heterocycles. The Kier molecular flexibility index (Phi) is 4.30. The van der Waals surface area contributed by atoms with E-state index in [0.29, 0.717) is 24.6 Å². The zero-order valence-electron chi connectivity index (χ0n) is 14.9. The van der Waals surface area contributed by atoms with E-state index < -0.39 is 15.3 Å². The van der Waals surface area contributed by atoms with Crippen LogP contribution in [0.25, 0.3) is 5.78 Å². The standard InChI is InChI=1S/C16H23N5O3S/c1-16(2,3)14(22)20-7-5-6-11(9-20)13-12(25(4,23)24)8-17-15-18-10-19-21(13)15/h8,10-11H,5-7,9H2,1-4H3. The Morgan fingerprint density at radius 1 is 1.28 bits per heavy atom. The summed E-state index contributed by atoms with van der Waals surface area (Å²) in [5.41, 5.74) is 0.0963. The molecule has 0 N–H and O–H groups in total. The molecule has 1 saturated heterocycles. The molecule has 9 heteroatoms. The number of carbonyl (C=O) groups is 1. The summed E-state index contributed by atoms with van der Waals surface area (Å²) in [7, 11) is -3.47. The fourth-order valence-electron chi connectivity index (χ4n) is 3.30. The normalized spacial score (nSPS) is 19.4. The van der Waals surface area contributed by atoms with Gasteiger partial charge in [0.15, 0.2) is 9.84 Å². The molecule has 1 aliphatic rings.